The number of carbonyl (C=O) groups is 2. The zero-order valence-electron chi connectivity index (χ0n) is 16.9. The van der Waals surface area contributed by atoms with Crippen molar-refractivity contribution in [3.05, 3.63) is 35.9 Å². The molecule has 0 saturated heterocycles. The van der Waals surface area contributed by atoms with Gasteiger partial charge in [0.2, 0.25) is 11.8 Å². The van der Waals surface area contributed by atoms with Crippen molar-refractivity contribution in [1.29, 1.82) is 0 Å². The fourth-order valence-electron chi connectivity index (χ4n) is 6.14. The van der Waals surface area contributed by atoms with Crippen LogP contribution in [0.4, 0.5) is 0 Å². The van der Waals surface area contributed by atoms with Crippen LogP contribution in [0.2, 0.25) is 0 Å². The van der Waals surface area contributed by atoms with E-state index in [1.807, 2.05) is 30.3 Å². The maximum atomic E-state index is 13.1. The Balaban J connectivity index is 1.35. The number of amides is 2. The van der Waals surface area contributed by atoms with Gasteiger partial charge >= 0.3 is 0 Å². The summed E-state index contributed by atoms with van der Waals surface area (Å²) >= 11 is 0. The number of nitrogens with zero attached hydrogens (tertiary/aromatic N) is 1. The molecule has 4 aliphatic carbocycles. The molecule has 4 saturated carbocycles. The Morgan fingerprint density at radius 3 is 2.25 bits per heavy atom. The standard InChI is InChI=1S/C23H32N2O3/c1-28-8-7-25(16-17-5-3-2-4-6-17)21(26)15-24-22(27)23-12-18-9-19(13-23)11-20(10-18)14-23/h2-6,18-20H,7-16H2,1H3,(H,24,27). The Bertz CT molecular complexity index is 668. The van der Waals surface area contributed by atoms with Crippen LogP contribution in [0.25, 0.3) is 0 Å². The summed E-state index contributed by atoms with van der Waals surface area (Å²) in [6.07, 6.45) is 7.01. The van der Waals surface area contributed by atoms with Crippen molar-refractivity contribution in [3.8, 4) is 0 Å². The molecule has 5 heteroatoms. The van der Waals surface area contributed by atoms with E-state index < -0.39 is 0 Å². The molecule has 4 fully saturated rings. The third-order valence-electron chi connectivity index (χ3n) is 7.05. The largest absolute Gasteiger partial charge is 0.383 e. The zero-order chi connectivity index (χ0) is 19.6. The fraction of sp³-hybridized carbons (Fsp3) is 0.652. The highest BCUT2D eigenvalue weighted by Crippen LogP contribution is 2.60. The number of hydrogen-bond acceptors (Lipinski definition) is 3. The van der Waals surface area contributed by atoms with Gasteiger partial charge in [-0.25, -0.2) is 0 Å². The molecule has 0 radical (unpaired) electrons. The van der Waals surface area contributed by atoms with Crippen molar-refractivity contribution in [2.45, 2.75) is 45.1 Å². The fourth-order valence-corrected chi connectivity index (χ4v) is 6.14. The van der Waals surface area contributed by atoms with Crippen LogP contribution in [0.15, 0.2) is 30.3 Å². The molecule has 1 aromatic carbocycles. The first-order chi connectivity index (χ1) is 13.6. The maximum absolute atomic E-state index is 13.1. The topological polar surface area (TPSA) is 58.6 Å². The SMILES string of the molecule is COCCN(Cc1ccccc1)C(=O)CNC(=O)C12CC3CC(CC(C3)C1)C2. The van der Waals surface area contributed by atoms with Crippen molar-refractivity contribution in [1.82, 2.24) is 10.2 Å². The summed E-state index contributed by atoms with van der Waals surface area (Å²) in [6, 6.07) is 9.95. The van der Waals surface area contributed by atoms with E-state index in [4.69, 9.17) is 4.74 Å². The summed E-state index contributed by atoms with van der Waals surface area (Å²) in [7, 11) is 1.64. The number of nitrogens with one attached hydrogen (secondary N) is 1. The smallest absolute Gasteiger partial charge is 0.242 e. The van der Waals surface area contributed by atoms with Gasteiger partial charge in [0.25, 0.3) is 0 Å². The first kappa shape index (κ1) is 19.4. The summed E-state index contributed by atoms with van der Waals surface area (Å²) in [4.78, 5) is 27.7. The number of methoxy groups -OCH3 is 1. The maximum Gasteiger partial charge on any atom is 0.242 e. The molecule has 4 aliphatic rings. The number of ether oxygens (including phenoxy) is 1. The molecule has 0 aliphatic heterocycles. The lowest BCUT2D eigenvalue weighted by atomic mass is 9.49. The van der Waals surface area contributed by atoms with E-state index in [1.54, 1.807) is 12.0 Å². The molecule has 2 amide bonds. The lowest BCUT2D eigenvalue weighted by Crippen LogP contribution is -2.54. The summed E-state index contributed by atoms with van der Waals surface area (Å²) in [6.45, 7) is 1.63. The van der Waals surface area contributed by atoms with Crippen LogP contribution in [0.3, 0.4) is 0 Å². The number of carbonyl (C=O) groups excluding carboxylic acids is 2. The summed E-state index contributed by atoms with van der Waals surface area (Å²) in [5.74, 6) is 2.25. The average molecular weight is 385 g/mol. The Hall–Kier alpha value is -1.88. The summed E-state index contributed by atoms with van der Waals surface area (Å²) in [5, 5.41) is 3.01. The van der Waals surface area contributed by atoms with E-state index in [0.29, 0.717) is 19.7 Å². The molecule has 152 valence electrons. The van der Waals surface area contributed by atoms with Crippen LogP contribution in [0.5, 0.6) is 0 Å². The van der Waals surface area contributed by atoms with E-state index in [0.717, 1.165) is 42.6 Å². The highest BCUT2D eigenvalue weighted by molar-refractivity contribution is 5.88. The molecule has 5 nitrogen and oxygen atoms in total. The predicted molar refractivity (Wildman–Crippen MR) is 107 cm³/mol. The van der Waals surface area contributed by atoms with Crippen molar-refractivity contribution in [3.63, 3.8) is 0 Å². The molecule has 0 atom stereocenters. The molecule has 4 bridgehead atoms. The lowest BCUT2D eigenvalue weighted by Gasteiger charge is -2.55. The molecule has 0 spiro atoms. The third kappa shape index (κ3) is 4.09. The number of hydrogen-bond donors (Lipinski definition) is 1. The van der Waals surface area contributed by atoms with Gasteiger partial charge in [-0.1, -0.05) is 30.3 Å². The molecular weight excluding hydrogens is 352 g/mol. The summed E-state index contributed by atoms with van der Waals surface area (Å²) in [5.41, 5.74) is 0.880. The van der Waals surface area contributed by atoms with E-state index in [1.165, 1.54) is 19.3 Å². The van der Waals surface area contributed by atoms with Crippen LogP contribution in [0.1, 0.15) is 44.1 Å². The first-order valence-corrected chi connectivity index (χ1v) is 10.7. The normalized spacial score (nSPS) is 30.2. The van der Waals surface area contributed by atoms with Gasteiger partial charge < -0.3 is 15.0 Å². The Morgan fingerprint density at radius 1 is 1.07 bits per heavy atom. The first-order valence-electron chi connectivity index (χ1n) is 10.7. The van der Waals surface area contributed by atoms with Crippen LogP contribution in [0, 0.1) is 23.2 Å². The van der Waals surface area contributed by atoms with Gasteiger partial charge in [0.15, 0.2) is 0 Å². The van der Waals surface area contributed by atoms with Gasteiger partial charge in [0.05, 0.1) is 13.2 Å². The van der Waals surface area contributed by atoms with Crippen molar-refractivity contribution >= 4 is 11.8 Å². The summed E-state index contributed by atoms with van der Waals surface area (Å²) < 4.78 is 5.17. The predicted octanol–water partition coefficient (Wildman–Crippen LogP) is 2.99. The third-order valence-corrected chi connectivity index (χ3v) is 7.05. The quantitative estimate of drug-likeness (QED) is 0.750. The molecular formula is C23H32N2O3. The van der Waals surface area contributed by atoms with Crippen molar-refractivity contribution < 1.29 is 14.3 Å². The minimum atomic E-state index is -0.203. The molecule has 5 rings (SSSR count). The molecule has 1 aromatic rings. The van der Waals surface area contributed by atoms with E-state index in [9.17, 15) is 9.59 Å². The molecule has 0 heterocycles. The van der Waals surface area contributed by atoms with Gasteiger partial charge in [-0.05, 0) is 61.8 Å². The Kier molecular flexibility index (Phi) is 5.72. The number of rotatable bonds is 8. The second-order valence-electron chi connectivity index (χ2n) is 9.17. The van der Waals surface area contributed by atoms with Gasteiger partial charge in [0.1, 0.15) is 0 Å². The molecule has 0 aromatic heterocycles. The van der Waals surface area contributed by atoms with Crippen LogP contribution in [-0.4, -0.2) is 43.5 Å². The van der Waals surface area contributed by atoms with E-state index in [2.05, 4.69) is 5.32 Å². The second-order valence-corrected chi connectivity index (χ2v) is 9.17. The van der Waals surface area contributed by atoms with Crippen molar-refractivity contribution in [2.24, 2.45) is 23.2 Å². The van der Waals surface area contributed by atoms with E-state index >= 15 is 0 Å². The van der Waals surface area contributed by atoms with Gasteiger partial charge in [-0.15, -0.1) is 0 Å². The van der Waals surface area contributed by atoms with Crippen molar-refractivity contribution in [2.75, 3.05) is 26.8 Å². The van der Waals surface area contributed by atoms with Gasteiger partial charge in [-0.3, -0.25) is 9.59 Å². The van der Waals surface area contributed by atoms with E-state index in [-0.39, 0.29) is 23.8 Å². The Morgan fingerprint density at radius 2 is 1.68 bits per heavy atom. The van der Waals surface area contributed by atoms with Crippen LogP contribution < -0.4 is 5.32 Å². The lowest BCUT2D eigenvalue weighted by molar-refractivity contribution is -0.148. The highest BCUT2D eigenvalue weighted by atomic mass is 16.5. The monoisotopic (exact) mass is 384 g/mol. The zero-order valence-corrected chi connectivity index (χ0v) is 16.9. The molecule has 0 unspecified atom stereocenters. The second kappa shape index (κ2) is 8.24. The highest BCUT2D eigenvalue weighted by Gasteiger charge is 2.54. The molecule has 28 heavy (non-hydrogen) atoms. The van der Waals surface area contributed by atoms with Crippen LogP contribution >= 0.6 is 0 Å². The van der Waals surface area contributed by atoms with Gasteiger partial charge in [-0.2, -0.15) is 0 Å². The van der Waals surface area contributed by atoms with Crippen LogP contribution in [-0.2, 0) is 20.9 Å². The Labute approximate surface area is 167 Å². The number of benzene rings is 1. The minimum Gasteiger partial charge on any atom is -0.383 e. The van der Waals surface area contributed by atoms with Gasteiger partial charge in [0, 0.05) is 25.6 Å². The molecule has 1 N–H and O–H groups in total. The minimum absolute atomic E-state index is 0.0426. The average Bonchev–Trinajstić information content (AvgIpc) is 2.68.